The van der Waals surface area contributed by atoms with Crippen molar-refractivity contribution in [3.63, 3.8) is 0 Å². The van der Waals surface area contributed by atoms with Crippen LogP contribution in [-0.4, -0.2) is 18.1 Å². The second kappa shape index (κ2) is 5.64. The van der Waals surface area contributed by atoms with E-state index in [-0.39, 0.29) is 22.2 Å². The maximum Gasteiger partial charge on any atom is 0.259 e. The van der Waals surface area contributed by atoms with Gasteiger partial charge >= 0.3 is 0 Å². The Morgan fingerprint density at radius 1 is 1.25 bits per heavy atom. The van der Waals surface area contributed by atoms with Crippen LogP contribution in [-0.2, 0) is 0 Å². The molecular formula is C15H11ClN2O2. The molecule has 2 rings (SSSR count). The van der Waals surface area contributed by atoms with Crippen LogP contribution in [0.2, 0.25) is 5.02 Å². The van der Waals surface area contributed by atoms with Crippen LogP contribution >= 0.6 is 11.6 Å². The van der Waals surface area contributed by atoms with Crippen molar-refractivity contribution in [1.82, 2.24) is 0 Å². The second-order valence-corrected chi connectivity index (χ2v) is 4.59. The Labute approximate surface area is 121 Å². The first-order chi connectivity index (χ1) is 9.52. The van der Waals surface area contributed by atoms with E-state index in [0.29, 0.717) is 11.3 Å². The summed E-state index contributed by atoms with van der Waals surface area (Å²) < 4.78 is 0. The fourth-order valence-electron chi connectivity index (χ4n) is 1.73. The number of carbonyl (C=O) groups excluding carboxylic acids is 1. The van der Waals surface area contributed by atoms with Gasteiger partial charge in [0.15, 0.2) is 0 Å². The lowest BCUT2D eigenvalue weighted by molar-refractivity contribution is 0.0993. The Balaban J connectivity index is 2.32. The summed E-state index contributed by atoms with van der Waals surface area (Å²) in [5.74, 6) is -0.360. The minimum atomic E-state index is -0.337. The van der Waals surface area contributed by atoms with Gasteiger partial charge < -0.3 is 10.0 Å². The van der Waals surface area contributed by atoms with Crippen LogP contribution in [0.5, 0.6) is 5.75 Å². The van der Waals surface area contributed by atoms with E-state index in [1.54, 1.807) is 31.3 Å². The zero-order valence-electron chi connectivity index (χ0n) is 10.7. The lowest BCUT2D eigenvalue weighted by Crippen LogP contribution is -2.26. The average molecular weight is 287 g/mol. The van der Waals surface area contributed by atoms with Crippen LogP contribution in [0.1, 0.15) is 15.9 Å². The Kier molecular flexibility index (Phi) is 3.92. The summed E-state index contributed by atoms with van der Waals surface area (Å²) in [5, 5.41) is 18.5. The zero-order valence-corrected chi connectivity index (χ0v) is 11.4. The molecule has 20 heavy (non-hydrogen) atoms. The third kappa shape index (κ3) is 2.73. The number of phenolic OH excluding ortho intramolecular Hbond substituents is 1. The van der Waals surface area contributed by atoms with E-state index < -0.39 is 0 Å². The van der Waals surface area contributed by atoms with Gasteiger partial charge in [-0.1, -0.05) is 11.6 Å². The van der Waals surface area contributed by atoms with Crippen molar-refractivity contribution in [3.05, 3.63) is 58.6 Å². The molecule has 2 aromatic carbocycles. The van der Waals surface area contributed by atoms with Crippen LogP contribution < -0.4 is 4.90 Å². The lowest BCUT2D eigenvalue weighted by Gasteiger charge is -2.18. The van der Waals surface area contributed by atoms with E-state index in [4.69, 9.17) is 16.9 Å². The molecule has 0 aliphatic heterocycles. The first kappa shape index (κ1) is 13.9. The van der Waals surface area contributed by atoms with Crippen molar-refractivity contribution in [2.24, 2.45) is 0 Å². The highest BCUT2D eigenvalue weighted by atomic mass is 35.5. The molecular weight excluding hydrogens is 276 g/mol. The van der Waals surface area contributed by atoms with Crippen LogP contribution in [0.4, 0.5) is 5.69 Å². The standard InChI is InChI=1S/C15H11ClN2O2/c1-18(11-4-2-10(9-17)3-5-11)15(20)13-8-12(19)6-7-14(13)16/h2-8,19H,1H3. The van der Waals surface area contributed by atoms with Crippen LogP contribution in [0.15, 0.2) is 42.5 Å². The average Bonchev–Trinajstić information content (AvgIpc) is 2.48. The molecule has 0 saturated carbocycles. The lowest BCUT2D eigenvalue weighted by atomic mass is 10.1. The van der Waals surface area contributed by atoms with Gasteiger partial charge in [-0.3, -0.25) is 4.79 Å². The van der Waals surface area contributed by atoms with Gasteiger partial charge in [-0.25, -0.2) is 0 Å². The number of phenols is 1. The number of nitriles is 1. The Bertz CT molecular complexity index is 690. The normalized spacial score (nSPS) is 9.85. The molecule has 0 saturated heterocycles. The van der Waals surface area contributed by atoms with E-state index in [9.17, 15) is 9.90 Å². The fourth-order valence-corrected chi connectivity index (χ4v) is 1.93. The van der Waals surface area contributed by atoms with Crippen molar-refractivity contribution in [2.75, 3.05) is 11.9 Å². The number of halogens is 1. The largest absolute Gasteiger partial charge is 0.508 e. The summed E-state index contributed by atoms with van der Waals surface area (Å²) in [6.07, 6.45) is 0. The van der Waals surface area contributed by atoms with Crippen molar-refractivity contribution in [2.45, 2.75) is 0 Å². The maximum absolute atomic E-state index is 12.3. The van der Waals surface area contributed by atoms with E-state index in [2.05, 4.69) is 0 Å². The molecule has 2 aromatic rings. The number of aromatic hydroxyl groups is 1. The van der Waals surface area contributed by atoms with Gasteiger partial charge in [-0.15, -0.1) is 0 Å². The minimum absolute atomic E-state index is 0.0222. The molecule has 1 amide bonds. The van der Waals surface area contributed by atoms with Crippen molar-refractivity contribution in [1.29, 1.82) is 5.26 Å². The van der Waals surface area contributed by atoms with Gasteiger partial charge in [0, 0.05) is 12.7 Å². The molecule has 5 heteroatoms. The van der Waals surface area contributed by atoms with E-state index >= 15 is 0 Å². The highest BCUT2D eigenvalue weighted by Gasteiger charge is 2.17. The number of hydrogen-bond donors (Lipinski definition) is 1. The van der Waals surface area contributed by atoms with Crippen LogP contribution in [0.25, 0.3) is 0 Å². The Morgan fingerprint density at radius 3 is 2.50 bits per heavy atom. The number of carbonyl (C=O) groups is 1. The van der Waals surface area contributed by atoms with Crippen molar-refractivity contribution in [3.8, 4) is 11.8 Å². The molecule has 4 nitrogen and oxygen atoms in total. The van der Waals surface area contributed by atoms with Gasteiger partial charge in [0.2, 0.25) is 0 Å². The van der Waals surface area contributed by atoms with Crippen molar-refractivity contribution >= 4 is 23.2 Å². The molecule has 0 heterocycles. The van der Waals surface area contributed by atoms with E-state index in [1.807, 2.05) is 6.07 Å². The summed E-state index contributed by atoms with van der Waals surface area (Å²) in [7, 11) is 1.60. The van der Waals surface area contributed by atoms with Gasteiger partial charge in [-0.2, -0.15) is 5.26 Å². The number of hydrogen-bond acceptors (Lipinski definition) is 3. The first-order valence-electron chi connectivity index (χ1n) is 5.79. The molecule has 0 bridgehead atoms. The summed E-state index contributed by atoms with van der Waals surface area (Å²) >= 11 is 5.97. The monoisotopic (exact) mass is 286 g/mol. The third-order valence-corrected chi connectivity index (χ3v) is 3.20. The molecule has 0 aliphatic carbocycles. The molecule has 0 aliphatic rings. The van der Waals surface area contributed by atoms with Gasteiger partial charge in [0.1, 0.15) is 5.75 Å². The van der Waals surface area contributed by atoms with Gasteiger partial charge in [-0.05, 0) is 42.5 Å². The third-order valence-electron chi connectivity index (χ3n) is 2.87. The molecule has 0 atom stereocenters. The second-order valence-electron chi connectivity index (χ2n) is 4.19. The summed E-state index contributed by atoms with van der Waals surface area (Å²) in [4.78, 5) is 13.7. The number of benzene rings is 2. The van der Waals surface area contributed by atoms with Gasteiger partial charge in [0.25, 0.3) is 5.91 Å². The smallest absolute Gasteiger partial charge is 0.259 e. The number of rotatable bonds is 2. The summed E-state index contributed by atoms with van der Waals surface area (Å²) in [5.41, 5.74) is 1.37. The Morgan fingerprint density at radius 2 is 1.90 bits per heavy atom. The molecule has 0 aromatic heterocycles. The molecule has 0 unspecified atom stereocenters. The number of anilines is 1. The van der Waals surface area contributed by atoms with Crippen molar-refractivity contribution < 1.29 is 9.90 Å². The number of amides is 1. The van der Waals surface area contributed by atoms with E-state index in [1.165, 1.54) is 23.1 Å². The van der Waals surface area contributed by atoms with Crippen LogP contribution in [0, 0.1) is 11.3 Å². The predicted molar refractivity (Wildman–Crippen MR) is 77.0 cm³/mol. The first-order valence-corrected chi connectivity index (χ1v) is 6.17. The molecule has 0 spiro atoms. The molecule has 1 N–H and O–H groups in total. The highest BCUT2D eigenvalue weighted by Crippen LogP contribution is 2.24. The number of nitrogens with zero attached hydrogens (tertiary/aromatic N) is 2. The molecule has 0 radical (unpaired) electrons. The zero-order chi connectivity index (χ0) is 14.7. The SMILES string of the molecule is CN(C(=O)c1cc(O)ccc1Cl)c1ccc(C#N)cc1. The Hall–Kier alpha value is -2.51. The highest BCUT2D eigenvalue weighted by molar-refractivity contribution is 6.34. The summed E-state index contributed by atoms with van der Waals surface area (Å²) in [6.45, 7) is 0. The molecule has 0 fully saturated rings. The van der Waals surface area contributed by atoms with Crippen LogP contribution in [0.3, 0.4) is 0 Å². The fraction of sp³-hybridized carbons (Fsp3) is 0.0667. The van der Waals surface area contributed by atoms with E-state index in [0.717, 1.165) is 0 Å². The summed E-state index contributed by atoms with van der Waals surface area (Å²) in [6, 6.07) is 12.8. The molecule has 100 valence electrons. The van der Waals surface area contributed by atoms with Gasteiger partial charge in [0.05, 0.1) is 22.2 Å². The topological polar surface area (TPSA) is 64.3 Å². The quantitative estimate of drug-likeness (QED) is 0.922. The predicted octanol–water partition coefficient (Wildman–Crippen LogP) is 3.19. The minimum Gasteiger partial charge on any atom is -0.508 e. The maximum atomic E-state index is 12.3.